The molecule has 2 heterocycles. The number of para-hydroxylation sites is 2. The Balaban J connectivity index is 1.66. The smallest absolute Gasteiger partial charge is 0.350 e. The van der Waals surface area contributed by atoms with E-state index in [-0.39, 0.29) is 28.7 Å². The largest absolute Gasteiger partial charge is 0.479 e. The lowest BCUT2D eigenvalue weighted by atomic mass is 10.3. The molecular formula is C18H14N2O7S. The fourth-order valence-electron chi connectivity index (χ4n) is 2.30. The molecule has 1 amide bonds. The molecule has 9 nitrogen and oxygen atoms in total. The van der Waals surface area contributed by atoms with Gasteiger partial charge in [-0.2, -0.15) is 0 Å². The van der Waals surface area contributed by atoms with Crippen LogP contribution in [0.25, 0.3) is 0 Å². The average molecular weight is 402 g/mol. The Labute approximate surface area is 162 Å². The number of thiophene rings is 1. The number of nitro groups is 1. The topological polar surface area (TPSA) is 121 Å². The Morgan fingerprint density at radius 2 is 2.00 bits per heavy atom. The van der Waals surface area contributed by atoms with E-state index in [2.05, 4.69) is 10.1 Å². The second kappa shape index (κ2) is 8.35. The number of nitro benzene ring substituents is 1. The van der Waals surface area contributed by atoms with Crippen LogP contribution in [0.5, 0.6) is 5.75 Å². The van der Waals surface area contributed by atoms with Crippen molar-refractivity contribution >= 4 is 34.6 Å². The van der Waals surface area contributed by atoms with Crippen LogP contribution in [0.15, 0.2) is 52.3 Å². The molecule has 0 bridgehead atoms. The first kappa shape index (κ1) is 19.1. The van der Waals surface area contributed by atoms with Gasteiger partial charge in [-0.25, -0.2) is 4.79 Å². The van der Waals surface area contributed by atoms with Crippen LogP contribution in [0.2, 0.25) is 0 Å². The zero-order chi connectivity index (χ0) is 20.1. The highest BCUT2D eigenvalue weighted by Gasteiger charge is 2.19. The second-order valence-electron chi connectivity index (χ2n) is 5.39. The Hall–Kier alpha value is -3.66. The summed E-state index contributed by atoms with van der Waals surface area (Å²) >= 11 is 1.14. The molecule has 144 valence electrons. The molecule has 0 aliphatic rings. The Kier molecular flexibility index (Phi) is 5.70. The lowest BCUT2D eigenvalue weighted by Crippen LogP contribution is -2.13. The van der Waals surface area contributed by atoms with Gasteiger partial charge in [0.1, 0.15) is 17.2 Å². The maximum absolute atomic E-state index is 12.3. The van der Waals surface area contributed by atoms with Crippen LogP contribution >= 0.6 is 11.3 Å². The van der Waals surface area contributed by atoms with Crippen LogP contribution in [-0.2, 0) is 11.3 Å². The normalized spacial score (nSPS) is 10.3. The maximum atomic E-state index is 12.3. The SMILES string of the molecule is COC(=O)c1sccc1NC(=O)c1ccc(COc2ccccc2[N+](=O)[O-])o1. The number of methoxy groups -OCH3 is 1. The van der Waals surface area contributed by atoms with Gasteiger partial charge in [0.2, 0.25) is 0 Å². The number of anilines is 1. The van der Waals surface area contributed by atoms with Crippen molar-refractivity contribution in [3.63, 3.8) is 0 Å². The van der Waals surface area contributed by atoms with Crippen LogP contribution in [0.1, 0.15) is 26.0 Å². The van der Waals surface area contributed by atoms with Crippen LogP contribution in [0, 0.1) is 10.1 Å². The van der Waals surface area contributed by atoms with Crippen molar-refractivity contribution in [1.29, 1.82) is 0 Å². The molecule has 0 atom stereocenters. The monoisotopic (exact) mass is 402 g/mol. The molecule has 0 fully saturated rings. The molecule has 3 aromatic rings. The molecule has 0 aliphatic carbocycles. The molecule has 1 N–H and O–H groups in total. The number of rotatable bonds is 7. The van der Waals surface area contributed by atoms with Gasteiger partial charge in [-0.1, -0.05) is 12.1 Å². The van der Waals surface area contributed by atoms with E-state index in [1.807, 2.05) is 0 Å². The zero-order valence-corrected chi connectivity index (χ0v) is 15.4. The molecule has 0 saturated carbocycles. The highest BCUT2D eigenvalue weighted by Crippen LogP contribution is 2.27. The van der Waals surface area contributed by atoms with E-state index >= 15 is 0 Å². The van der Waals surface area contributed by atoms with Crippen molar-refractivity contribution in [2.45, 2.75) is 6.61 Å². The van der Waals surface area contributed by atoms with Gasteiger partial charge in [0.15, 0.2) is 11.5 Å². The summed E-state index contributed by atoms with van der Waals surface area (Å²) in [7, 11) is 1.25. The van der Waals surface area contributed by atoms with E-state index in [0.717, 1.165) is 11.3 Å². The van der Waals surface area contributed by atoms with Gasteiger partial charge in [0.05, 0.1) is 17.7 Å². The minimum Gasteiger partial charge on any atom is -0.479 e. The predicted molar refractivity (Wildman–Crippen MR) is 99.7 cm³/mol. The number of nitrogens with zero attached hydrogens (tertiary/aromatic N) is 1. The van der Waals surface area contributed by atoms with Gasteiger partial charge < -0.3 is 19.2 Å². The Morgan fingerprint density at radius 1 is 1.21 bits per heavy atom. The molecule has 10 heteroatoms. The molecule has 0 aliphatic heterocycles. The maximum Gasteiger partial charge on any atom is 0.350 e. The summed E-state index contributed by atoms with van der Waals surface area (Å²) in [5.41, 5.74) is 0.149. The third-order valence-electron chi connectivity index (χ3n) is 3.60. The summed E-state index contributed by atoms with van der Waals surface area (Å²) in [6.45, 7) is -0.0933. The third-order valence-corrected chi connectivity index (χ3v) is 4.50. The summed E-state index contributed by atoms with van der Waals surface area (Å²) in [5.74, 6) is -0.704. The number of benzene rings is 1. The van der Waals surface area contributed by atoms with Gasteiger partial charge >= 0.3 is 11.7 Å². The van der Waals surface area contributed by atoms with Crippen molar-refractivity contribution < 1.29 is 28.4 Å². The first-order chi connectivity index (χ1) is 13.5. The number of ether oxygens (including phenoxy) is 2. The van der Waals surface area contributed by atoms with Crippen molar-refractivity contribution in [1.82, 2.24) is 0 Å². The van der Waals surface area contributed by atoms with Gasteiger partial charge in [0.25, 0.3) is 5.91 Å². The number of furan rings is 1. The van der Waals surface area contributed by atoms with Crippen LogP contribution in [0.4, 0.5) is 11.4 Å². The minimum absolute atomic E-state index is 0.00294. The summed E-state index contributed by atoms with van der Waals surface area (Å²) < 4.78 is 15.5. The van der Waals surface area contributed by atoms with Gasteiger partial charge in [-0.3, -0.25) is 14.9 Å². The van der Waals surface area contributed by atoms with E-state index in [4.69, 9.17) is 9.15 Å². The minimum atomic E-state index is -0.555. The predicted octanol–water partition coefficient (Wildman–Crippen LogP) is 3.87. The number of hydrogen-bond acceptors (Lipinski definition) is 8. The molecule has 0 unspecified atom stereocenters. The van der Waals surface area contributed by atoms with Gasteiger partial charge in [0, 0.05) is 6.07 Å². The molecule has 0 radical (unpaired) electrons. The number of esters is 1. The summed E-state index contributed by atoms with van der Waals surface area (Å²) in [5, 5.41) is 15.2. The van der Waals surface area contributed by atoms with E-state index < -0.39 is 16.8 Å². The van der Waals surface area contributed by atoms with Gasteiger partial charge in [-0.05, 0) is 29.6 Å². The highest BCUT2D eigenvalue weighted by molar-refractivity contribution is 7.12. The highest BCUT2D eigenvalue weighted by atomic mass is 32.1. The van der Waals surface area contributed by atoms with Crippen LogP contribution in [-0.4, -0.2) is 23.9 Å². The molecule has 0 saturated heterocycles. The van der Waals surface area contributed by atoms with Crippen LogP contribution < -0.4 is 10.1 Å². The van der Waals surface area contributed by atoms with Crippen molar-refractivity contribution in [3.8, 4) is 5.75 Å². The Bertz CT molecular complexity index is 1020. The van der Waals surface area contributed by atoms with E-state index in [9.17, 15) is 19.7 Å². The van der Waals surface area contributed by atoms with Crippen molar-refractivity contribution in [3.05, 3.63) is 74.4 Å². The number of carbonyl (C=O) groups is 2. The Morgan fingerprint density at radius 3 is 2.75 bits per heavy atom. The molecule has 3 rings (SSSR count). The fraction of sp³-hybridized carbons (Fsp3) is 0.111. The number of hydrogen-bond donors (Lipinski definition) is 1. The molecule has 2 aromatic heterocycles. The number of carbonyl (C=O) groups excluding carboxylic acids is 2. The van der Waals surface area contributed by atoms with Crippen molar-refractivity contribution in [2.24, 2.45) is 0 Å². The van der Waals surface area contributed by atoms with E-state index in [0.29, 0.717) is 11.4 Å². The standard InChI is InChI=1S/C18H14N2O7S/c1-25-18(22)16-12(8-9-28-16)19-17(21)15-7-6-11(27-15)10-26-14-5-3-2-4-13(14)20(23)24/h2-9H,10H2,1H3,(H,19,21). The van der Waals surface area contributed by atoms with E-state index in [1.54, 1.807) is 17.5 Å². The fourth-order valence-corrected chi connectivity index (χ4v) is 3.06. The summed E-state index contributed by atoms with van der Waals surface area (Å²) in [6, 6.07) is 10.5. The number of nitrogens with one attached hydrogen (secondary N) is 1. The third kappa shape index (κ3) is 4.18. The molecular weight excluding hydrogens is 388 g/mol. The molecule has 0 spiro atoms. The number of amides is 1. The molecule has 1 aromatic carbocycles. The summed E-state index contributed by atoms with van der Waals surface area (Å²) in [4.78, 5) is 34.7. The first-order valence-electron chi connectivity index (χ1n) is 7.91. The summed E-state index contributed by atoms with van der Waals surface area (Å²) in [6.07, 6.45) is 0. The molecule has 28 heavy (non-hydrogen) atoms. The lowest BCUT2D eigenvalue weighted by molar-refractivity contribution is -0.386. The van der Waals surface area contributed by atoms with Crippen LogP contribution in [0.3, 0.4) is 0 Å². The zero-order valence-electron chi connectivity index (χ0n) is 14.5. The van der Waals surface area contributed by atoms with Gasteiger partial charge in [-0.15, -0.1) is 11.3 Å². The van der Waals surface area contributed by atoms with E-state index in [1.165, 1.54) is 37.4 Å². The first-order valence-corrected chi connectivity index (χ1v) is 8.79. The lowest BCUT2D eigenvalue weighted by Gasteiger charge is -2.05. The second-order valence-corrected chi connectivity index (χ2v) is 6.30. The average Bonchev–Trinajstić information content (AvgIpc) is 3.35. The van der Waals surface area contributed by atoms with Crippen molar-refractivity contribution in [2.75, 3.05) is 12.4 Å². The quantitative estimate of drug-likeness (QED) is 0.362.